The van der Waals surface area contributed by atoms with Gasteiger partial charge in [-0.25, -0.2) is 0 Å². The number of hydrogen-bond acceptors (Lipinski definition) is 3. The second kappa shape index (κ2) is 6.37. The molecule has 1 saturated heterocycles. The molecule has 1 aliphatic heterocycles. The molecule has 0 spiro atoms. The molecule has 1 fully saturated rings. The van der Waals surface area contributed by atoms with Gasteiger partial charge < -0.3 is 15.2 Å². The number of carbonyl (C=O) groups excluding carboxylic acids is 1. The molecule has 2 N–H and O–H groups in total. The quantitative estimate of drug-likeness (QED) is 0.883. The Bertz CT molecular complexity index is 457. The van der Waals surface area contributed by atoms with Gasteiger partial charge in [-0.3, -0.25) is 4.79 Å². The zero-order valence-corrected chi connectivity index (χ0v) is 12.3. The van der Waals surface area contributed by atoms with Crippen LogP contribution in [0.5, 0.6) is 0 Å². The summed E-state index contributed by atoms with van der Waals surface area (Å²) < 4.78 is 5.70. The lowest BCUT2D eigenvalue weighted by atomic mass is 9.89. The Morgan fingerprint density at radius 1 is 1.15 bits per heavy atom. The fourth-order valence-electron chi connectivity index (χ4n) is 2.79. The van der Waals surface area contributed by atoms with Crippen molar-refractivity contribution in [1.29, 1.82) is 0 Å². The lowest BCUT2D eigenvalue weighted by Gasteiger charge is -2.18. The molecule has 0 bridgehead atoms. The van der Waals surface area contributed by atoms with Crippen molar-refractivity contribution in [2.24, 2.45) is 11.8 Å². The van der Waals surface area contributed by atoms with Gasteiger partial charge in [0.2, 0.25) is 5.91 Å². The molecule has 4 atom stereocenters. The van der Waals surface area contributed by atoms with E-state index in [0.29, 0.717) is 6.54 Å². The van der Waals surface area contributed by atoms with Crippen LogP contribution in [0.15, 0.2) is 24.3 Å². The Morgan fingerprint density at radius 2 is 1.75 bits per heavy atom. The van der Waals surface area contributed by atoms with E-state index in [9.17, 15) is 4.79 Å². The molecule has 1 aliphatic rings. The van der Waals surface area contributed by atoms with E-state index in [1.165, 1.54) is 0 Å². The molecule has 1 aromatic carbocycles. The standard InChI is InChI=1S/C16H23NO3/c1-10-11(2)20-12(3)15(10)16(19)17-8-13-4-6-14(9-18)7-5-13/h4-7,10-12,15,18H,8-9H2,1-3H3,(H,17,19). The van der Waals surface area contributed by atoms with E-state index < -0.39 is 0 Å². The highest BCUT2D eigenvalue weighted by molar-refractivity contribution is 5.79. The van der Waals surface area contributed by atoms with Crippen LogP contribution in [-0.2, 0) is 22.7 Å². The number of amides is 1. The molecule has 110 valence electrons. The number of nitrogens with one attached hydrogen (secondary N) is 1. The molecule has 0 saturated carbocycles. The highest BCUT2D eigenvalue weighted by Gasteiger charge is 2.41. The molecule has 0 aliphatic carbocycles. The number of aliphatic hydroxyl groups excluding tert-OH is 1. The van der Waals surface area contributed by atoms with Crippen LogP contribution in [0.4, 0.5) is 0 Å². The topological polar surface area (TPSA) is 58.6 Å². The van der Waals surface area contributed by atoms with Crippen LogP contribution < -0.4 is 5.32 Å². The summed E-state index contributed by atoms with van der Waals surface area (Å²) in [5, 5.41) is 12.0. The minimum absolute atomic E-state index is 0.0308. The predicted molar refractivity (Wildman–Crippen MR) is 76.9 cm³/mol. The molecular weight excluding hydrogens is 254 g/mol. The van der Waals surface area contributed by atoms with Gasteiger partial charge in [0, 0.05) is 6.54 Å². The average Bonchev–Trinajstić information content (AvgIpc) is 2.70. The van der Waals surface area contributed by atoms with E-state index >= 15 is 0 Å². The Kier molecular flexibility index (Phi) is 4.78. The molecule has 4 nitrogen and oxygen atoms in total. The smallest absolute Gasteiger partial charge is 0.226 e. The minimum atomic E-state index is -0.0817. The molecule has 0 radical (unpaired) electrons. The van der Waals surface area contributed by atoms with Crippen molar-refractivity contribution in [3.8, 4) is 0 Å². The van der Waals surface area contributed by atoms with E-state index in [2.05, 4.69) is 12.2 Å². The first kappa shape index (κ1) is 15.0. The van der Waals surface area contributed by atoms with Crippen molar-refractivity contribution in [1.82, 2.24) is 5.32 Å². The Labute approximate surface area is 120 Å². The van der Waals surface area contributed by atoms with Gasteiger partial charge >= 0.3 is 0 Å². The third-order valence-corrected chi connectivity index (χ3v) is 4.22. The third-order valence-electron chi connectivity index (χ3n) is 4.22. The maximum Gasteiger partial charge on any atom is 0.226 e. The van der Waals surface area contributed by atoms with E-state index in [0.717, 1.165) is 11.1 Å². The maximum atomic E-state index is 12.3. The van der Waals surface area contributed by atoms with Crippen LogP contribution in [0.2, 0.25) is 0 Å². The Hall–Kier alpha value is -1.39. The third kappa shape index (κ3) is 3.19. The van der Waals surface area contributed by atoms with Crippen LogP contribution in [0.3, 0.4) is 0 Å². The summed E-state index contributed by atoms with van der Waals surface area (Å²) >= 11 is 0. The fourth-order valence-corrected chi connectivity index (χ4v) is 2.79. The lowest BCUT2D eigenvalue weighted by molar-refractivity contribution is -0.127. The van der Waals surface area contributed by atoms with Crippen LogP contribution in [0.1, 0.15) is 31.9 Å². The normalized spacial score (nSPS) is 29.4. The second-order valence-corrected chi connectivity index (χ2v) is 5.62. The van der Waals surface area contributed by atoms with Crippen molar-refractivity contribution in [3.63, 3.8) is 0 Å². The number of ether oxygens (including phenoxy) is 1. The number of hydrogen-bond donors (Lipinski definition) is 2. The van der Waals surface area contributed by atoms with Crippen LogP contribution >= 0.6 is 0 Å². The van der Waals surface area contributed by atoms with Gasteiger partial charge in [-0.05, 0) is 30.9 Å². The second-order valence-electron chi connectivity index (χ2n) is 5.62. The van der Waals surface area contributed by atoms with Crippen molar-refractivity contribution < 1.29 is 14.6 Å². The van der Waals surface area contributed by atoms with E-state index in [-0.39, 0.29) is 36.6 Å². The van der Waals surface area contributed by atoms with Crippen molar-refractivity contribution in [2.75, 3.05) is 0 Å². The molecule has 0 aromatic heterocycles. The van der Waals surface area contributed by atoms with Crippen LogP contribution in [-0.4, -0.2) is 23.2 Å². The van der Waals surface area contributed by atoms with Gasteiger partial charge in [-0.1, -0.05) is 31.2 Å². The molecule has 20 heavy (non-hydrogen) atoms. The van der Waals surface area contributed by atoms with Gasteiger partial charge in [0.25, 0.3) is 0 Å². The molecule has 1 amide bonds. The van der Waals surface area contributed by atoms with Crippen molar-refractivity contribution in [2.45, 2.75) is 46.1 Å². The Morgan fingerprint density at radius 3 is 2.25 bits per heavy atom. The SMILES string of the molecule is CC1OC(C)C(C(=O)NCc2ccc(CO)cc2)C1C. The summed E-state index contributed by atoms with van der Waals surface area (Å²) in [5.41, 5.74) is 1.91. The number of aliphatic hydroxyl groups is 1. The van der Waals surface area contributed by atoms with E-state index in [1.807, 2.05) is 38.1 Å². The molecule has 1 aromatic rings. The zero-order valence-electron chi connectivity index (χ0n) is 12.3. The van der Waals surface area contributed by atoms with E-state index in [4.69, 9.17) is 9.84 Å². The van der Waals surface area contributed by atoms with Crippen LogP contribution in [0, 0.1) is 11.8 Å². The zero-order chi connectivity index (χ0) is 14.7. The van der Waals surface area contributed by atoms with Crippen molar-refractivity contribution >= 4 is 5.91 Å². The van der Waals surface area contributed by atoms with Gasteiger partial charge in [-0.2, -0.15) is 0 Å². The monoisotopic (exact) mass is 277 g/mol. The summed E-state index contributed by atoms with van der Waals surface area (Å²) in [4.78, 5) is 12.3. The fraction of sp³-hybridized carbons (Fsp3) is 0.562. The number of carbonyl (C=O) groups is 1. The van der Waals surface area contributed by atoms with Gasteiger partial charge in [0.05, 0.1) is 24.7 Å². The lowest BCUT2D eigenvalue weighted by Crippen LogP contribution is -2.36. The minimum Gasteiger partial charge on any atom is -0.392 e. The number of benzene rings is 1. The molecule has 1 heterocycles. The van der Waals surface area contributed by atoms with Gasteiger partial charge in [0.1, 0.15) is 0 Å². The highest BCUT2D eigenvalue weighted by Crippen LogP contribution is 2.32. The first-order chi connectivity index (χ1) is 9.52. The summed E-state index contributed by atoms with van der Waals surface area (Å²) in [7, 11) is 0. The molecule has 2 rings (SSSR count). The summed E-state index contributed by atoms with van der Waals surface area (Å²) in [5.74, 6) is 0.212. The summed E-state index contributed by atoms with van der Waals surface area (Å²) in [6.45, 7) is 6.59. The molecule has 4 unspecified atom stereocenters. The number of rotatable bonds is 4. The summed E-state index contributed by atoms with van der Waals surface area (Å²) in [6.07, 6.45) is 0.0985. The predicted octanol–water partition coefficient (Wildman–Crippen LogP) is 1.85. The molecular formula is C16H23NO3. The van der Waals surface area contributed by atoms with Gasteiger partial charge in [0.15, 0.2) is 0 Å². The van der Waals surface area contributed by atoms with Gasteiger partial charge in [-0.15, -0.1) is 0 Å². The van der Waals surface area contributed by atoms with Crippen LogP contribution in [0.25, 0.3) is 0 Å². The first-order valence-electron chi connectivity index (χ1n) is 7.14. The molecule has 4 heteroatoms. The average molecular weight is 277 g/mol. The van der Waals surface area contributed by atoms with E-state index in [1.54, 1.807) is 0 Å². The first-order valence-corrected chi connectivity index (χ1v) is 7.14. The summed E-state index contributed by atoms with van der Waals surface area (Å²) in [6, 6.07) is 7.58. The maximum absolute atomic E-state index is 12.3. The Balaban J connectivity index is 1.91. The largest absolute Gasteiger partial charge is 0.392 e. The van der Waals surface area contributed by atoms with Crippen molar-refractivity contribution in [3.05, 3.63) is 35.4 Å². The highest BCUT2D eigenvalue weighted by atomic mass is 16.5.